The van der Waals surface area contributed by atoms with E-state index in [4.69, 9.17) is 15.2 Å². The molecule has 2 heterocycles. The van der Waals surface area contributed by atoms with Gasteiger partial charge in [0.1, 0.15) is 12.6 Å². The van der Waals surface area contributed by atoms with Crippen LogP contribution in [0.5, 0.6) is 0 Å². The average Bonchev–Trinajstić information content (AvgIpc) is 3.39. The fourth-order valence-corrected chi connectivity index (χ4v) is 5.80. The van der Waals surface area contributed by atoms with Gasteiger partial charge in [0.15, 0.2) is 0 Å². The summed E-state index contributed by atoms with van der Waals surface area (Å²) >= 11 is 0. The summed E-state index contributed by atoms with van der Waals surface area (Å²) in [6.07, 6.45) is 7.50. The van der Waals surface area contributed by atoms with Gasteiger partial charge in [-0.3, -0.25) is 14.5 Å². The van der Waals surface area contributed by atoms with E-state index in [-0.39, 0.29) is 42.7 Å². The molecule has 4 rings (SSSR count). The lowest BCUT2D eigenvalue weighted by Crippen LogP contribution is -2.59. The SMILES string of the molecule is COCC(=O)N1CCC(N(Cc2ccccc2)CC2CCCO2)C[C@@H]1C(=O)NC1CCC(N)CC1. The maximum Gasteiger partial charge on any atom is 0.249 e. The van der Waals surface area contributed by atoms with Gasteiger partial charge >= 0.3 is 0 Å². The number of rotatable bonds is 9. The minimum Gasteiger partial charge on any atom is -0.377 e. The summed E-state index contributed by atoms with van der Waals surface area (Å²) in [5, 5.41) is 3.25. The zero-order valence-corrected chi connectivity index (χ0v) is 21.1. The van der Waals surface area contributed by atoms with Gasteiger partial charge in [-0.15, -0.1) is 0 Å². The second-order valence-corrected chi connectivity index (χ2v) is 10.4. The fraction of sp³-hybridized carbons (Fsp3) is 0.704. The molecule has 2 saturated heterocycles. The first-order chi connectivity index (χ1) is 17.0. The molecule has 2 amide bonds. The zero-order valence-electron chi connectivity index (χ0n) is 21.1. The van der Waals surface area contributed by atoms with Crippen LogP contribution in [-0.2, 0) is 25.6 Å². The summed E-state index contributed by atoms with van der Waals surface area (Å²) in [6.45, 7) is 3.03. The maximum absolute atomic E-state index is 13.5. The molecule has 2 unspecified atom stereocenters. The fourth-order valence-electron chi connectivity index (χ4n) is 5.80. The standard InChI is InChI=1S/C27H42N4O4/c1-34-19-26(32)31-14-13-23(16-25(31)27(33)29-22-11-9-21(28)10-12-22)30(18-24-8-5-15-35-24)17-20-6-3-2-4-7-20/h2-4,6-7,21-25H,5,8-19,28H2,1H3,(H,29,33)/t21?,22?,23?,24?,25-/m1/s1. The Morgan fingerprint density at radius 3 is 2.60 bits per heavy atom. The number of ether oxygens (including phenoxy) is 2. The third-order valence-electron chi connectivity index (χ3n) is 7.79. The van der Waals surface area contributed by atoms with Crippen LogP contribution in [0.1, 0.15) is 56.9 Å². The normalized spacial score (nSPS) is 29.3. The Bertz CT molecular complexity index is 809. The van der Waals surface area contributed by atoms with Gasteiger partial charge in [-0.25, -0.2) is 0 Å². The van der Waals surface area contributed by atoms with E-state index < -0.39 is 6.04 Å². The minimum absolute atomic E-state index is 0.00360. The van der Waals surface area contributed by atoms with Gasteiger partial charge in [0, 0.05) is 51.5 Å². The molecular weight excluding hydrogens is 444 g/mol. The number of nitrogens with zero attached hydrogens (tertiary/aromatic N) is 2. The number of amides is 2. The van der Waals surface area contributed by atoms with Crippen molar-refractivity contribution in [2.45, 2.75) is 88.2 Å². The number of nitrogens with two attached hydrogens (primary N) is 1. The summed E-state index contributed by atoms with van der Waals surface area (Å²) in [5.74, 6) is -0.165. The summed E-state index contributed by atoms with van der Waals surface area (Å²) in [4.78, 5) is 30.6. The highest BCUT2D eigenvalue weighted by atomic mass is 16.5. The first kappa shape index (κ1) is 26.1. The van der Waals surface area contributed by atoms with Gasteiger partial charge in [-0.05, 0) is 56.9 Å². The minimum atomic E-state index is -0.491. The molecule has 35 heavy (non-hydrogen) atoms. The van der Waals surface area contributed by atoms with Crippen molar-refractivity contribution in [3.05, 3.63) is 35.9 Å². The Hall–Kier alpha value is -2.00. The van der Waals surface area contributed by atoms with Crippen molar-refractivity contribution in [2.75, 3.05) is 33.4 Å². The highest BCUT2D eigenvalue weighted by molar-refractivity contribution is 5.88. The van der Waals surface area contributed by atoms with Crippen LogP contribution in [0.3, 0.4) is 0 Å². The second-order valence-electron chi connectivity index (χ2n) is 10.4. The molecule has 3 fully saturated rings. The largest absolute Gasteiger partial charge is 0.377 e. The lowest BCUT2D eigenvalue weighted by Gasteiger charge is -2.44. The molecular formula is C27H42N4O4. The van der Waals surface area contributed by atoms with E-state index in [1.807, 2.05) is 6.07 Å². The van der Waals surface area contributed by atoms with Crippen LogP contribution in [0.4, 0.5) is 0 Å². The van der Waals surface area contributed by atoms with Crippen LogP contribution in [0.25, 0.3) is 0 Å². The van der Waals surface area contributed by atoms with Crippen molar-refractivity contribution in [1.29, 1.82) is 0 Å². The zero-order chi connectivity index (χ0) is 24.6. The van der Waals surface area contributed by atoms with Gasteiger partial charge < -0.3 is 25.4 Å². The predicted octanol–water partition coefficient (Wildman–Crippen LogP) is 2.06. The Labute approximate surface area is 209 Å². The Kier molecular flexibility index (Phi) is 9.54. The van der Waals surface area contributed by atoms with E-state index in [0.717, 1.165) is 64.6 Å². The van der Waals surface area contributed by atoms with E-state index >= 15 is 0 Å². The predicted molar refractivity (Wildman–Crippen MR) is 135 cm³/mol. The number of hydrogen-bond donors (Lipinski definition) is 2. The quantitative estimate of drug-likeness (QED) is 0.555. The molecule has 3 atom stereocenters. The van der Waals surface area contributed by atoms with Gasteiger partial charge in [-0.1, -0.05) is 30.3 Å². The third-order valence-corrected chi connectivity index (χ3v) is 7.79. The van der Waals surface area contributed by atoms with Gasteiger partial charge in [-0.2, -0.15) is 0 Å². The van der Waals surface area contributed by atoms with E-state index in [9.17, 15) is 9.59 Å². The lowest BCUT2D eigenvalue weighted by atomic mass is 9.90. The number of hydrogen-bond acceptors (Lipinski definition) is 6. The van der Waals surface area contributed by atoms with Crippen molar-refractivity contribution in [2.24, 2.45) is 5.73 Å². The lowest BCUT2D eigenvalue weighted by molar-refractivity contribution is -0.147. The summed E-state index contributed by atoms with van der Waals surface area (Å²) in [5.41, 5.74) is 7.30. The first-order valence-electron chi connectivity index (χ1n) is 13.3. The van der Waals surface area contributed by atoms with E-state index in [0.29, 0.717) is 13.0 Å². The molecule has 1 aromatic rings. The highest BCUT2D eigenvalue weighted by Crippen LogP contribution is 2.27. The molecule has 1 aliphatic carbocycles. The molecule has 1 aromatic carbocycles. The molecule has 1 saturated carbocycles. The molecule has 0 bridgehead atoms. The number of carbonyl (C=O) groups is 2. The van der Waals surface area contributed by atoms with Crippen LogP contribution in [0.15, 0.2) is 30.3 Å². The topological polar surface area (TPSA) is 97.1 Å². The van der Waals surface area contributed by atoms with Gasteiger partial charge in [0.2, 0.25) is 11.8 Å². The van der Waals surface area contributed by atoms with Crippen molar-refractivity contribution in [3.63, 3.8) is 0 Å². The molecule has 3 aliphatic rings. The van der Waals surface area contributed by atoms with Crippen LogP contribution in [0.2, 0.25) is 0 Å². The first-order valence-corrected chi connectivity index (χ1v) is 13.3. The van der Waals surface area contributed by atoms with Crippen molar-refractivity contribution in [1.82, 2.24) is 15.1 Å². The number of methoxy groups -OCH3 is 1. The summed E-state index contributed by atoms with van der Waals surface area (Å²) in [6, 6.07) is 10.5. The van der Waals surface area contributed by atoms with Crippen molar-refractivity contribution in [3.8, 4) is 0 Å². The van der Waals surface area contributed by atoms with Gasteiger partial charge in [0.25, 0.3) is 0 Å². The average molecular weight is 487 g/mol. The van der Waals surface area contributed by atoms with E-state index in [1.54, 1.807) is 4.90 Å². The molecule has 8 nitrogen and oxygen atoms in total. The van der Waals surface area contributed by atoms with Crippen LogP contribution in [-0.4, -0.2) is 85.3 Å². The second kappa shape index (κ2) is 12.8. The highest BCUT2D eigenvalue weighted by Gasteiger charge is 2.39. The Morgan fingerprint density at radius 1 is 1.14 bits per heavy atom. The molecule has 3 N–H and O–H groups in total. The number of piperidine rings is 1. The van der Waals surface area contributed by atoms with E-state index in [1.165, 1.54) is 12.7 Å². The van der Waals surface area contributed by atoms with Crippen molar-refractivity contribution < 1.29 is 19.1 Å². The third kappa shape index (κ3) is 7.26. The summed E-state index contributed by atoms with van der Waals surface area (Å²) < 4.78 is 11.1. The van der Waals surface area contributed by atoms with Crippen LogP contribution < -0.4 is 11.1 Å². The van der Waals surface area contributed by atoms with Gasteiger partial charge in [0.05, 0.1) is 6.10 Å². The van der Waals surface area contributed by atoms with Crippen LogP contribution in [0, 0.1) is 0 Å². The molecule has 0 spiro atoms. The Morgan fingerprint density at radius 2 is 1.91 bits per heavy atom. The summed E-state index contributed by atoms with van der Waals surface area (Å²) in [7, 11) is 1.52. The number of carbonyl (C=O) groups excluding carboxylic acids is 2. The van der Waals surface area contributed by atoms with Crippen molar-refractivity contribution >= 4 is 11.8 Å². The maximum atomic E-state index is 13.5. The van der Waals surface area contributed by atoms with E-state index in [2.05, 4.69) is 34.5 Å². The number of benzene rings is 1. The number of likely N-dealkylation sites (tertiary alicyclic amines) is 1. The Balaban J connectivity index is 1.48. The molecule has 0 aromatic heterocycles. The molecule has 8 heteroatoms. The smallest absolute Gasteiger partial charge is 0.249 e. The van der Waals surface area contributed by atoms with Crippen LogP contribution >= 0.6 is 0 Å². The molecule has 2 aliphatic heterocycles. The molecule has 0 radical (unpaired) electrons. The number of nitrogens with one attached hydrogen (secondary N) is 1. The molecule has 194 valence electrons. The monoisotopic (exact) mass is 486 g/mol.